The summed E-state index contributed by atoms with van der Waals surface area (Å²) in [6, 6.07) is 9.66. The Morgan fingerprint density at radius 3 is 2.46 bits per heavy atom. The molecule has 0 radical (unpaired) electrons. The van der Waals surface area contributed by atoms with E-state index in [9.17, 15) is 8.42 Å². The molecule has 0 heterocycles. The lowest BCUT2D eigenvalue weighted by Crippen LogP contribution is -2.53. The summed E-state index contributed by atoms with van der Waals surface area (Å²) in [6.07, 6.45) is 1.97. The zero-order chi connectivity index (χ0) is 18.1. The van der Waals surface area contributed by atoms with Crippen LogP contribution in [0.4, 0.5) is 0 Å². The van der Waals surface area contributed by atoms with Crippen molar-refractivity contribution in [3.05, 3.63) is 30.3 Å². The van der Waals surface area contributed by atoms with E-state index in [0.717, 1.165) is 18.4 Å². The van der Waals surface area contributed by atoms with Gasteiger partial charge in [0.1, 0.15) is 5.75 Å². The highest BCUT2D eigenvalue weighted by molar-refractivity contribution is 7.88. The molecule has 24 heavy (non-hydrogen) atoms. The lowest BCUT2D eigenvalue weighted by molar-refractivity contribution is 0.311. The summed E-state index contributed by atoms with van der Waals surface area (Å²) in [5, 5.41) is 6.28. The maximum atomic E-state index is 11.3. The second-order valence-corrected chi connectivity index (χ2v) is 7.87. The summed E-state index contributed by atoms with van der Waals surface area (Å²) in [5.41, 5.74) is -0.610. The second kappa shape index (κ2) is 9.48. The van der Waals surface area contributed by atoms with Crippen LogP contribution in [0.15, 0.2) is 35.3 Å². The first-order valence-electron chi connectivity index (χ1n) is 7.83. The highest BCUT2D eigenvalue weighted by Crippen LogP contribution is 2.08. The highest BCUT2D eigenvalue weighted by Gasteiger charge is 2.22. The second-order valence-electron chi connectivity index (χ2n) is 6.13. The van der Waals surface area contributed by atoms with Gasteiger partial charge in [0.2, 0.25) is 10.0 Å². The Morgan fingerprint density at radius 2 is 1.88 bits per heavy atom. The predicted molar refractivity (Wildman–Crippen MR) is 98.0 cm³/mol. The quantitative estimate of drug-likeness (QED) is 0.348. The number of para-hydroxylation sites is 1. The third-order valence-electron chi connectivity index (χ3n) is 3.01. The largest absolute Gasteiger partial charge is 0.494 e. The number of ether oxygens (including phenoxy) is 1. The first kappa shape index (κ1) is 20.2. The lowest BCUT2D eigenvalue weighted by atomic mass is 10.1. The molecule has 0 spiro atoms. The van der Waals surface area contributed by atoms with Gasteiger partial charge in [-0.25, -0.2) is 13.1 Å². The van der Waals surface area contributed by atoms with Crippen molar-refractivity contribution in [3.8, 4) is 5.75 Å². The van der Waals surface area contributed by atoms with Crippen LogP contribution >= 0.6 is 0 Å². The number of aliphatic imine (C=N–C) groups is 1. The average Bonchev–Trinajstić information content (AvgIpc) is 2.48. The van der Waals surface area contributed by atoms with Gasteiger partial charge in [0.15, 0.2) is 5.96 Å². The molecule has 1 rings (SSSR count). The van der Waals surface area contributed by atoms with E-state index in [-0.39, 0.29) is 0 Å². The molecule has 0 aliphatic heterocycles. The summed E-state index contributed by atoms with van der Waals surface area (Å²) in [5.74, 6) is 1.48. The van der Waals surface area contributed by atoms with Crippen molar-refractivity contribution in [3.63, 3.8) is 0 Å². The van der Waals surface area contributed by atoms with Crippen LogP contribution in [-0.2, 0) is 10.0 Å². The molecule has 7 nitrogen and oxygen atoms in total. The van der Waals surface area contributed by atoms with Crippen LogP contribution in [0.2, 0.25) is 0 Å². The molecular formula is C16H28N4O3S. The number of nitrogens with one attached hydrogen (secondary N) is 3. The fourth-order valence-electron chi connectivity index (χ4n) is 2.05. The van der Waals surface area contributed by atoms with Crippen molar-refractivity contribution in [2.75, 3.05) is 33.0 Å². The fourth-order valence-corrected chi connectivity index (χ4v) is 3.12. The lowest BCUT2D eigenvalue weighted by Gasteiger charge is -2.26. The maximum absolute atomic E-state index is 11.3. The minimum Gasteiger partial charge on any atom is -0.494 e. The molecule has 136 valence electrons. The number of guanidine groups is 1. The van der Waals surface area contributed by atoms with Crippen LogP contribution in [0, 0.1) is 0 Å². The Morgan fingerprint density at radius 1 is 1.21 bits per heavy atom. The van der Waals surface area contributed by atoms with Crippen LogP contribution in [0.25, 0.3) is 0 Å². The molecule has 8 heteroatoms. The van der Waals surface area contributed by atoms with E-state index in [0.29, 0.717) is 25.7 Å². The Bertz CT molecular complexity index is 615. The van der Waals surface area contributed by atoms with Gasteiger partial charge in [-0.2, -0.15) is 0 Å². The predicted octanol–water partition coefficient (Wildman–Crippen LogP) is 0.948. The number of rotatable bonds is 9. The Labute approximate surface area is 145 Å². The van der Waals surface area contributed by atoms with Crippen molar-refractivity contribution in [2.24, 2.45) is 4.99 Å². The first-order chi connectivity index (χ1) is 11.2. The van der Waals surface area contributed by atoms with Crippen molar-refractivity contribution in [1.82, 2.24) is 15.4 Å². The van der Waals surface area contributed by atoms with Crippen molar-refractivity contribution < 1.29 is 13.2 Å². The Kier molecular flexibility index (Phi) is 8.00. The van der Waals surface area contributed by atoms with Crippen LogP contribution in [0.5, 0.6) is 5.75 Å². The van der Waals surface area contributed by atoms with Gasteiger partial charge in [-0.05, 0) is 32.4 Å². The number of benzene rings is 1. The molecule has 3 N–H and O–H groups in total. The van der Waals surface area contributed by atoms with E-state index < -0.39 is 15.6 Å². The Hall–Kier alpha value is -1.80. The van der Waals surface area contributed by atoms with Gasteiger partial charge in [-0.1, -0.05) is 18.2 Å². The van der Waals surface area contributed by atoms with E-state index in [2.05, 4.69) is 20.3 Å². The van der Waals surface area contributed by atoms with Crippen molar-refractivity contribution in [1.29, 1.82) is 0 Å². The van der Waals surface area contributed by atoms with Crippen LogP contribution < -0.4 is 20.1 Å². The first-order valence-corrected chi connectivity index (χ1v) is 9.72. The van der Waals surface area contributed by atoms with Gasteiger partial charge in [0.05, 0.1) is 12.9 Å². The molecule has 0 amide bonds. The van der Waals surface area contributed by atoms with Crippen molar-refractivity contribution in [2.45, 2.75) is 25.8 Å². The van der Waals surface area contributed by atoms with Gasteiger partial charge in [-0.15, -0.1) is 0 Å². The van der Waals surface area contributed by atoms with Crippen LogP contribution in [0.1, 0.15) is 20.3 Å². The van der Waals surface area contributed by atoms with Gasteiger partial charge in [0, 0.05) is 25.7 Å². The monoisotopic (exact) mass is 356 g/mol. The Balaban J connectivity index is 2.25. The van der Waals surface area contributed by atoms with Gasteiger partial charge in [-0.3, -0.25) is 4.99 Å². The molecule has 0 fully saturated rings. The summed E-state index contributed by atoms with van der Waals surface area (Å²) in [6.45, 7) is 5.34. The zero-order valence-electron chi connectivity index (χ0n) is 14.8. The van der Waals surface area contributed by atoms with E-state index in [1.165, 1.54) is 0 Å². The standard InChI is InChI=1S/C16H28N4O3S/c1-16(2,20-24(4,21)22)13-19-15(17-3)18-11-8-12-23-14-9-6-5-7-10-14/h5-7,9-10,20H,8,11-13H2,1-4H3,(H2,17,18,19). The van der Waals surface area contributed by atoms with Gasteiger partial charge in [0.25, 0.3) is 0 Å². The molecular weight excluding hydrogens is 328 g/mol. The molecule has 0 atom stereocenters. The minimum atomic E-state index is -3.25. The molecule has 0 aromatic heterocycles. The minimum absolute atomic E-state index is 0.417. The fraction of sp³-hybridized carbons (Fsp3) is 0.562. The molecule has 1 aromatic rings. The number of hydrogen-bond donors (Lipinski definition) is 3. The average molecular weight is 356 g/mol. The van der Waals surface area contributed by atoms with E-state index in [1.54, 1.807) is 7.05 Å². The van der Waals surface area contributed by atoms with Crippen LogP contribution in [0.3, 0.4) is 0 Å². The molecule has 0 saturated heterocycles. The van der Waals surface area contributed by atoms with E-state index >= 15 is 0 Å². The van der Waals surface area contributed by atoms with E-state index in [1.807, 2.05) is 44.2 Å². The topological polar surface area (TPSA) is 91.8 Å². The summed E-state index contributed by atoms with van der Waals surface area (Å²) < 4.78 is 30.8. The number of sulfonamides is 1. The highest BCUT2D eigenvalue weighted by atomic mass is 32.2. The molecule has 0 saturated carbocycles. The van der Waals surface area contributed by atoms with Gasteiger partial charge >= 0.3 is 0 Å². The van der Waals surface area contributed by atoms with Crippen molar-refractivity contribution >= 4 is 16.0 Å². The third-order valence-corrected chi connectivity index (χ3v) is 3.93. The van der Waals surface area contributed by atoms with Gasteiger partial charge < -0.3 is 15.4 Å². The smallest absolute Gasteiger partial charge is 0.209 e. The molecule has 0 aliphatic rings. The number of hydrogen-bond acceptors (Lipinski definition) is 4. The molecule has 0 bridgehead atoms. The van der Waals surface area contributed by atoms with Crippen LogP contribution in [-0.4, -0.2) is 52.9 Å². The van der Waals surface area contributed by atoms with E-state index in [4.69, 9.17) is 4.74 Å². The summed E-state index contributed by atoms with van der Waals surface area (Å²) in [7, 11) is -1.58. The zero-order valence-corrected chi connectivity index (χ0v) is 15.6. The molecule has 0 unspecified atom stereocenters. The number of nitrogens with zero attached hydrogens (tertiary/aromatic N) is 1. The third kappa shape index (κ3) is 9.36. The summed E-state index contributed by atoms with van der Waals surface area (Å²) >= 11 is 0. The summed E-state index contributed by atoms with van der Waals surface area (Å²) in [4.78, 5) is 4.12. The normalized spacial score (nSPS) is 12.8. The SMILES string of the molecule is CN=C(NCCCOc1ccccc1)NCC(C)(C)NS(C)(=O)=O. The molecule has 1 aromatic carbocycles. The molecule has 0 aliphatic carbocycles. The maximum Gasteiger partial charge on any atom is 0.209 e.